The van der Waals surface area contributed by atoms with Gasteiger partial charge in [-0.15, -0.1) is 0 Å². The Hall–Kier alpha value is -2.65. The quantitative estimate of drug-likeness (QED) is 0.515. The average molecular weight is 445 g/mol. The summed E-state index contributed by atoms with van der Waals surface area (Å²) < 4.78 is 27.8. The summed E-state index contributed by atoms with van der Waals surface area (Å²) >= 11 is 0. The zero-order valence-corrected chi connectivity index (χ0v) is 18.4. The van der Waals surface area contributed by atoms with Crippen molar-refractivity contribution in [3.05, 3.63) is 58.6 Å². The maximum absolute atomic E-state index is 13.3. The van der Waals surface area contributed by atoms with Crippen LogP contribution in [0, 0.1) is 10.1 Å². The van der Waals surface area contributed by atoms with Crippen LogP contribution in [0.1, 0.15) is 32.6 Å². The molecule has 2 aromatic rings. The third-order valence-corrected chi connectivity index (χ3v) is 8.18. The summed E-state index contributed by atoms with van der Waals surface area (Å²) in [6.45, 7) is 4.03. The molecular weight excluding hydrogens is 416 g/mol. The topological polar surface area (TPSA) is 95.8 Å². The number of sulfonamides is 1. The lowest BCUT2D eigenvalue weighted by Crippen LogP contribution is -2.41. The van der Waals surface area contributed by atoms with Crippen LogP contribution in [0.25, 0.3) is 0 Å². The average Bonchev–Trinajstić information content (AvgIpc) is 3.18. The second-order valence-corrected chi connectivity index (χ2v) is 9.94. The minimum Gasteiger partial charge on any atom is -0.375 e. The normalized spacial score (nSPS) is 21.5. The molecule has 2 aromatic carbocycles. The van der Waals surface area contributed by atoms with Crippen molar-refractivity contribution in [3.63, 3.8) is 0 Å². The lowest BCUT2D eigenvalue weighted by atomic mass is 9.99. The minimum atomic E-state index is -3.93. The van der Waals surface area contributed by atoms with Crippen molar-refractivity contribution in [1.29, 1.82) is 0 Å². The molecular formula is C22H28N4O4S. The van der Waals surface area contributed by atoms with E-state index in [0.29, 0.717) is 17.4 Å². The largest absolute Gasteiger partial charge is 0.375 e. The molecule has 2 aliphatic rings. The molecule has 0 unspecified atom stereocenters. The number of piperidine rings is 1. The fourth-order valence-corrected chi connectivity index (χ4v) is 6.27. The Balaban J connectivity index is 1.63. The number of benzene rings is 2. The first-order valence-corrected chi connectivity index (χ1v) is 12.2. The molecule has 9 heteroatoms. The smallest absolute Gasteiger partial charge is 0.293 e. The van der Waals surface area contributed by atoms with Crippen LogP contribution in [-0.2, 0) is 10.0 Å². The maximum atomic E-state index is 13.3. The number of para-hydroxylation sites is 1. The van der Waals surface area contributed by atoms with Gasteiger partial charge in [-0.05, 0) is 57.0 Å². The molecule has 0 bridgehead atoms. The Morgan fingerprint density at radius 2 is 1.90 bits per heavy atom. The number of hydrogen-bond donors (Lipinski definition) is 1. The highest BCUT2D eigenvalue weighted by molar-refractivity contribution is 7.92. The molecule has 2 saturated heterocycles. The van der Waals surface area contributed by atoms with Gasteiger partial charge in [0.05, 0.1) is 15.5 Å². The molecule has 0 saturated carbocycles. The summed E-state index contributed by atoms with van der Waals surface area (Å²) in [6.07, 6.45) is 4.39. The van der Waals surface area contributed by atoms with Crippen LogP contribution in [0.4, 0.5) is 17.1 Å². The predicted octanol–water partition coefficient (Wildman–Crippen LogP) is 3.85. The summed E-state index contributed by atoms with van der Waals surface area (Å²) in [6, 6.07) is 13.5. The zero-order valence-electron chi connectivity index (χ0n) is 17.6. The molecule has 0 spiro atoms. The fourth-order valence-electron chi connectivity index (χ4n) is 4.77. The molecule has 31 heavy (non-hydrogen) atoms. The summed E-state index contributed by atoms with van der Waals surface area (Å²) in [4.78, 5) is 13.7. The second-order valence-electron chi connectivity index (χ2n) is 8.08. The molecule has 4 rings (SSSR count). The summed E-state index contributed by atoms with van der Waals surface area (Å²) in [5.74, 6) is 0. The number of nitro groups is 1. The predicted molar refractivity (Wildman–Crippen MR) is 121 cm³/mol. The molecule has 1 N–H and O–H groups in total. The number of nitro benzene ring substituents is 1. The highest BCUT2D eigenvalue weighted by Gasteiger charge is 2.36. The second kappa shape index (κ2) is 8.84. The van der Waals surface area contributed by atoms with Crippen molar-refractivity contribution >= 4 is 27.1 Å². The third-order valence-electron chi connectivity index (χ3n) is 6.28. The van der Waals surface area contributed by atoms with E-state index >= 15 is 0 Å². The van der Waals surface area contributed by atoms with E-state index in [1.165, 1.54) is 35.3 Å². The number of nitrogens with zero attached hydrogens (tertiary/aromatic N) is 3. The van der Waals surface area contributed by atoms with Gasteiger partial charge in [0.25, 0.3) is 15.7 Å². The van der Waals surface area contributed by atoms with Gasteiger partial charge in [-0.25, -0.2) is 8.42 Å². The van der Waals surface area contributed by atoms with E-state index in [1.54, 1.807) is 31.2 Å². The molecule has 8 nitrogen and oxygen atoms in total. The molecule has 2 heterocycles. The van der Waals surface area contributed by atoms with E-state index in [2.05, 4.69) is 10.2 Å². The van der Waals surface area contributed by atoms with Crippen LogP contribution in [-0.4, -0.2) is 50.0 Å². The van der Waals surface area contributed by atoms with Crippen molar-refractivity contribution in [1.82, 2.24) is 4.90 Å². The van der Waals surface area contributed by atoms with Crippen LogP contribution in [0.2, 0.25) is 0 Å². The Bertz CT molecular complexity index is 1040. The van der Waals surface area contributed by atoms with Gasteiger partial charge >= 0.3 is 0 Å². The van der Waals surface area contributed by atoms with Crippen molar-refractivity contribution in [3.8, 4) is 0 Å². The lowest BCUT2D eigenvalue weighted by Gasteiger charge is -2.32. The highest BCUT2D eigenvalue weighted by Crippen LogP contribution is 2.34. The highest BCUT2D eigenvalue weighted by atomic mass is 32.2. The third kappa shape index (κ3) is 4.24. The van der Waals surface area contributed by atoms with Gasteiger partial charge in [-0.1, -0.05) is 24.6 Å². The summed E-state index contributed by atoms with van der Waals surface area (Å²) in [7, 11) is -3.93. The molecule has 2 aliphatic heterocycles. The molecule has 2 atom stereocenters. The van der Waals surface area contributed by atoms with Gasteiger partial charge in [0.15, 0.2) is 0 Å². The molecule has 2 fully saturated rings. The van der Waals surface area contributed by atoms with Gasteiger partial charge in [0.1, 0.15) is 5.69 Å². The van der Waals surface area contributed by atoms with Crippen molar-refractivity contribution < 1.29 is 13.3 Å². The number of fused-ring (bicyclic) bond motifs is 1. The van der Waals surface area contributed by atoms with Gasteiger partial charge in [0, 0.05) is 31.2 Å². The Morgan fingerprint density at radius 3 is 2.61 bits per heavy atom. The van der Waals surface area contributed by atoms with Crippen molar-refractivity contribution in [2.75, 3.05) is 29.3 Å². The van der Waals surface area contributed by atoms with Gasteiger partial charge in [-0.2, -0.15) is 0 Å². The Labute approximate surface area is 183 Å². The van der Waals surface area contributed by atoms with E-state index < -0.39 is 14.9 Å². The van der Waals surface area contributed by atoms with E-state index in [1.807, 2.05) is 6.07 Å². The van der Waals surface area contributed by atoms with Crippen molar-refractivity contribution in [2.24, 2.45) is 0 Å². The SMILES string of the molecule is CCN(c1ccccc1)S(=O)(=O)c1ccc(N[C@H]2CCN3CCCC[C@H]23)c([N+](=O)[O-])c1. The van der Waals surface area contributed by atoms with Crippen molar-refractivity contribution in [2.45, 2.75) is 49.6 Å². The zero-order chi connectivity index (χ0) is 22.0. The van der Waals surface area contributed by atoms with Crippen LogP contribution in [0.15, 0.2) is 53.4 Å². The maximum Gasteiger partial charge on any atom is 0.293 e. The molecule has 0 amide bonds. The molecule has 0 aromatic heterocycles. The number of anilines is 2. The summed E-state index contributed by atoms with van der Waals surface area (Å²) in [5.41, 5.74) is 0.696. The van der Waals surface area contributed by atoms with Gasteiger partial charge in [-0.3, -0.25) is 19.3 Å². The van der Waals surface area contributed by atoms with Crippen LogP contribution in [0.3, 0.4) is 0 Å². The number of hydrogen-bond acceptors (Lipinski definition) is 6. The first-order valence-electron chi connectivity index (χ1n) is 10.8. The van der Waals surface area contributed by atoms with E-state index in [0.717, 1.165) is 25.9 Å². The van der Waals surface area contributed by atoms with Crippen LogP contribution < -0.4 is 9.62 Å². The van der Waals surface area contributed by atoms with E-state index in [-0.39, 0.29) is 23.2 Å². The van der Waals surface area contributed by atoms with E-state index in [4.69, 9.17) is 0 Å². The standard InChI is InChI=1S/C22H28N4O4S/c1-2-25(17-8-4-3-5-9-17)31(29,30)18-11-12-19(22(16-18)26(27)28)23-20-13-15-24-14-7-6-10-21(20)24/h3-5,8-9,11-12,16,20-21,23H,2,6-7,10,13-15H2,1H3/t20-,21+/m0/s1. The lowest BCUT2D eigenvalue weighted by molar-refractivity contribution is -0.384. The molecule has 166 valence electrons. The molecule has 0 radical (unpaired) electrons. The number of nitrogens with one attached hydrogen (secondary N) is 1. The first kappa shape index (κ1) is 21.6. The number of rotatable bonds is 7. The van der Waals surface area contributed by atoms with Gasteiger partial charge in [0.2, 0.25) is 0 Å². The fraction of sp³-hybridized carbons (Fsp3) is 0.455. The van der Waals surface area contributed by atoms with Crippen LogP contribution >= 0.6 is 0 Å². The Kier molecular flexibility index (Phi) is 6.15. The van der Waals surface area contributed by atoms with Crippen LogP contribution in [0.5, 0.6) is 0 Å². The monoisotopic (exact) mass is 444 g/mol. The molecule has 0 aliphatic carbocycles. The Morgan fingerprint density at radius 1 is 1.13 bits per heavy atom. The first-order chi connectivity index (χ1) is 14.9. The minimum absolute atomic E-state index is 0.0823. The van der Waals surface area contributed by atoms with E-state index in [9.17, 15) is 18.5 Å². The van der Waals surface area contributed by atoms with Gasteiger partial charge < -0.3 is 5.32 Å². The summed E-state index contributed by atoms with van der Waals surface area (Å²) in [5, 5.41) is 15.2.